The summed E-state index contributed by atoms with van der Waals surface area (Å²) < 4.78 is 16.2. The molecule has 2 heterocycles. The van der Waals surface area contributed by atoms with E-state index in [1.165, 1.54) is 12.8 Å². The summed E-state index contributed by atoms with van der Waals surface area (Å²) in [5.41, 5.74) is 1.42. The Morgan fingerprint density at radius 2 is 2.28 bits per heavy atom. The molecule has 0 aliphatic carbocycles. The summed E-state index contributed by atoms with van der Waals surface area (Å²) in [6.45, 7) is 6.73. The monoisotopic (exact) mass is 343 g/mol. The number of benzene rings is 1. The number of piperidine rings is 1. The molecule has 0 spiro atoms. The van der Waals surface area contributed by atoms with Crippen LogP contribution in [0.4, 0.5) is 4.39 Å². The van der Waals surface area contributed by atoms with E-state index in [0.29, 0.717) is 18.2 Å². The first-order valence-electron chi connectivity index (χ1n) is 8.83. The SMILES string of the molecule is CN=C(NCc1ccc(-n2ccnc2C)c(F)c1)N1CCCC(C)C1. The fourth-order valence-electron chi connectivity index (χ4n) is 3.38. The lowest BCUT2D eigenvalue weighted by Gasteiger charge is -2.33. The van der Waals surface area contributed by atoms with Crippen molar-refractivity contribution in [2.24, 2.45) is 10.9 Å². The number of halogens is 1. The molecule has 1 saturated heterocycles. The van der Waals surface area contributed by atoms with Gasteiger partial charge < -0.3 is 14.8 Å². The van der Waals surface area contributed by atoms with Crippen LogP contribution in [-0.2, 0) is 6.54 Å². The largest absolute Gasteiger partial charge is 0.352 e. The Balaban J connectivity index is 1.67. The molecule has 25 heavy (non-hydrogen) atoms. The second kappa shape index (κ2) is 7.68. The molecule has 3 rings (SSSR count). The van der Waals surface area contributed by atoms with Crippen molar-refractivity contribution < 1.29 is 4.39 Å². The molecule has 1 N–H and O–H groups in total. The van der Waals surface area contributed by atoms with Crippen molar-refractivity contribution in [2.75, 3.05) is 20.1 Å². The van der Waals surface area contributed by atoms with Crippen molar-refractivity contribution in [3.05, 3.63) is 47.8 Å². The van der Waals surface area contributed by atoms with Gasteiger partial charge in [0.2, 0.25) is 0 Å². The highest BCUT2D eigenvalue weighted by molar-refractivity contribution is 5.80. The quantitative estimate of drug-likeness (QED) is 0.688. The minimum atomic E-state index is -0.248. The molecule has 134 valence electrons. The van der Waals surface area contributed by atoms with Gasteiger partial charge in [-0.1, -0.05) is 13.0 Å². The minimum absolute atomic E-state index is 0.248. The van der Waals surface area contributed by atoms with Crippen LogP contribution in [0.15, 0.2) is 35.6 Å². The van der Waals surface area contributed by atoms with Crippen LogP contribution in [0.2, 0.25) is 0 Å². The third-order valence-corrected chi connectivity index (χ3v) is 4.72. The lowest BCUT2D eigenvalue weighted by atomic mass is 10.0. The zero-order chi connectivity index (χ0) is 17.8. The molecular formula is C19H26FN5. The van der Waals surface area contributed by atoms with E-state index in [-0.39, 0.29) is 5.82 Å². The van der Waals surface area contributed by atoms with Crippen LogP contribution in [0.3, 0.4) is 0 Å². The van der Waals surface area contributed by atoms with Crippen molar-refractivity contribution >= 4 is 5.96 Å². The van der Waals surface area contributed by atoms with Crippen LogP contribution in [-0.4, -0.2) is 40.5 Å². The zero-order valence-electron chi connectivity index (χ0n) is 15.2. The van der Waals surface area contributed by atoms with Gasteiger partial charge in [-0.15, -0.1) is 0 Å². The van der Waals surface area contributed by atoms with Crippen LogP contribution >= 0.6 is 0 Å². The van der Waals surface area contributed by atoms with E-state index in [4.69, 9.17) is 0 Å². The van der Waals surface area contributed by atoms with Crippen LogP contribution in [0.25, 0.3) is 5.69 Å². The van der Waals surface area contributed by atoms with Crippen molar-refractivity contribution in [2.45, 2.75) is 33.2 Å². The average molecular weight is 343 g/mol. The molecule has 1 fully saturated rings. The highest BCUT2D eigenvalue weighted by Gasteiger charge is 2.19. The van der Waals surface area contributed by atoms with E-state index in [2.05, 4.69) is 27.1 Å². The molecule has 1 aliphatic rings. The number of nitrogens with zero attached hydrogens (tertiary/aromatic N) is 4. The van der Waals surface area contributed by atoms with Gasteiger partial charge in [0.15, 0.2) is 5.96 Å². The Labute approximate surface area is 148 Å². The van der Waals surface area contributed by atoms with Crippen LogP contribution in [0, 0.1) is 18.7 Å². The molecule has 1 unspecified atom stereocenters. The van der Waals surface area contributed by atoms with Gasteiger partial charge in [0.25, 0.3) is 0 Å². The van der Waals surface area contributed by atoms with Crippen molar-refractivity contribution in [3.8, 4) is 5.69 Å². The van der Waals surface area contributed by atoms with E-state index in [0.717, 1.165) is 30.4 Å². The van der Waals surface area contributed by atoms with Crippen molar-refractivity contribution in [3.63, 3.8) is 0 Å². The summed E-state index contributed by atoms with van der Waals surface area (Å²) in [5.74, 6) is 2.09. The van der Waals surface area contributed by atoms with Gasteiger partial charge in [-0.3, -0.25) is 4.99 Å². The van der Waals surface area contributed by atoms with E-state index in [1.807, 2.05) is 13.0 Å². The van der Waals surface area contributed by atoms with Gasteiger partial charge in [-0.25, -0.2) is 9.37 Å². The number of hydrogen-bond acceptors (Lipinski definition) is 2. The zero-order valence-corrected chi connectivity index (χ0v) is 15.2. The fourth-order valence-corrected chi connectivity index (χ4v) is 3.38. The molecule has 1 atom stereocenters. The van der Waals surface area contributed by atoms with Crippen LogP contribution < -0.4 is 5.32 Å². The van der Waals surface area contributed by atoms with Gasteiger partial charge >= 0.3 is 0 Å². The van der Waals surface area contributed by atoms with Crippen LogP contribution in [0.5, 0.6) is 0 Å². The highest BCUT2D eigenvalue weighted by Crippen LogP contribution is 2.18. The van der Waals surface area contributed by atoms with Gasteiger partial charge in [-0.05, 0) is 43.4 Å². The normalized spacial score (nSPS) is 18.5. The van der Waals surface area contributed by atoms with Crippen LogP contribution in [0.1, 0.15) is 31.2 Å². The predicted molar refractivity (Wildman–Crippen MR) is 98.4 cm³/mol. The summed E-state index contributed by atoms with van der Waals surface area (Å²) in [7, 11) is 1.80. The summed E-state index contributed by atoms with van der Waals surface area (Å²) in [6, 6.07) is 5.32. The van der Waals surface area contributed by atoms with Gasteiger partial charge in [-0.2, -0.15) is 0 Å². The Hall–Kier alpha value is -2.37. The Morgan fingerprint density at radius 1 is 1.44 bits per heavy atom. The lowest BCUT2D eigenvalue weighted by Crippen LogP contribution is -2.45. The maximum atomic E-state index is 14.5. The number of aryl methyl sites for hydroxylation is 1. The standard InChI is InChI=1S/C19H26FN5/c1-14-5-4-9-24(13-14)19(21-3)23-12-16-6-7-18(17(20)11-16)25-10-8-22-15(25)2/h6-8,10-11,14H,4-5,9,12-13H2,1-3H3,(H,21,23). The first-order chi connectivity index (χ1) is 12.1. The molecule has 6 heteroatoms. The number of nitrogens with one attached hydrogen (secondary N) is 1. The predicted octanol–water partition coefficient (Wildman–Crippen LogP) is 3.13. The van der Waals surface area contributed by atoms with E-state index >= 15 is 0 Å². The van der Waals surface area contributed by atoms with Crippen molar-refractivity contribution in [1.29, 1.82) is 0 Å². The summed E-state index contributed by atoms with van der Waals surface area (Å²) in [6.07, 6.45) is 5.90. The van der Waals surface area contributed by atoms with Gasteiger partial charge in [0.1, 0.15) is 11.6 Å². The fraction of sp³-hybridized carbons (Fsp3) is 0.474. The third kappa shape index (κ3) is 4.00. The molecular weight excluding hydrogens is 317 g/mol. The average Bonchev–Trinajstić information content (AvgIpc) is 3.01. The number of guanidine groups is 1. The van der Waals surface area contributed by atoms with E-state index < -0.39 is 0 Å². The number of imidazole rings is 1. The maximum Gasteiger partial charge on any atom is 0.193 e. The second-order valence-electron chi connectivity index (χ2n) is 6.72. The highest BCUT2D eigenvalue weighted by atomic mass is 19.1. The Kier molecular flexibility index (Phi) is 5.36. The number of likely N-dealkylation sites (tertiary alicyclic amines) is 1. The molecule has 0 saturated carbocycles. The molecule has 0 bridgehead atoms. The van der Waals surface area contributed by atoms with Gasteiger partial charge in [0.05, 0.1) is 5.69 Å². The van der Waals surface area contributed by atoms with E-state index in [9.17, 15) is 4.39 Å². The minimum Gasteiger partial charge on any atom is -0.352 e. The molecule has 1 aromatic heterocycles. The number of hydrogen-bond donors (Lipinski definition) is 1. The third-order valence-electron chi connectivity index (χ3n) is 4.72. The number of rotatable bonds is 3. The molecule has 1 aliphatic heterocycles. The van der Waals surface area contributed by atoms with Gasteiger partial charge in [0, 0.05) is 39.1 Å². The molecule has 0 amide bonds. The topological polar surface area (TPSA) is 45.5 Å². The maximum absolute atomic E-state index is 14.5. The Bertz CT molecular complexity index is 752. The Morgan fingerprint density at radius 3 is 2.92 bits per heavy atom. The number of aromatic nitrogens is 2. The van der Waals surface area contributed by atoms with E-state index in [1.54, 1.807) is 36.1 Å². The van der Waals surface area contributed by atoms with Crippen molar-refractivity contribution in [1.82, 2.24) is 19.8 Å². The summed E-state index contributed by atoms with van der Waals surface area (Å²) in [5, 5.41) is 3.36. The smallest absolute Gasteiger partial charge is 0.193 e. The first-order valence-corrected chi connectivity index (χ1v) is 8.83. The first kappa shape index (κ1) is 17.5. The summed E-state index contributed by atoms with van der Waals surface area (Å²) >= 11 is 0. The molecule has 2 aromatic rings. The second-order valence-corrected chi connectivity index (χ2v) is 6.72. The molecule has 1 aromatic carbocycles. The molecule has 0 radical (unpaired) electrons. The molecule has 5 nitrogen and oxygen atoms in total. The lowest BCUT2D eigenvalue weighted by molar-refractivity contribution is 0.266. The summed E-state index contributed by atoms with van der Waals surface area (Å²) in [4.78, 5) is 10.8. The number of aliphatic imine (C=N–C) groups is 1.